The van der Waals surface area contributed by atoms with Crippen LogP contribution in [0.5, 0.6) is 5.75 Å². The van der Waals surface area contributed by atoms with Crippen LogP contribution in [0.3, 0.4) is 0 Å². The molecule has 0 N–H and O–H groups in total. The van der Waals surface area contributed by atoms with Crippen molar-refractivity contribution in [3.8, 4) is 5.75 Å². The molecular formula is C18H19N3O4S. The van der Waals surface area contributed by atoms with Crippen molar-refractivity contribution in [2.45, 2.75) is 33.5 Å². The Labute approximate surface area is 155 Å². The summed E-state index contributed by atoms with van der Waals surface area (Å²) < 4.78 is 16.0. The molecule has 8 heteroatoms. The Balaban J connectivity index is 1.54. The molecular weight excluding hydrogens is 354 g/mol. The molecule has 0 spiro atoms. The van der Waals surface area contributed by atoms with Gasteiger partial charge in [-0.25, -0.2) is 9.78 Å². The summed E-state index contributed by atoms with van der Waals surface area (Å²) in [6, 6.07) is 6.81. The zero-order chi connectivity index (χ0) is 18.4. The molecule has 0 radical (unpaired) electrons. The number of rotatable bonds is 8. The van der Waals surface area contributed by atoms with Gasteiger partial charge in [0.2, 0.25) is 0 Å². The minimum Gasteiger partial charge on any atom is -0.487 e. The quantitative estimate of drug-likeness (QED) is 0.557. The summed E-state index contributed by atoms with van der Waals surface area (Å²) in [6.07, 6.45) is 0.718. The van der Waals surface area contributed by atoms with Crippen molar-refractivity contribution in [3.05, 3.63) is 58.1 Å². The first-order chi connectivity index (χ1) is 12.6. The van der Waals surface area contributed by atoms with Crippen molar-refractivity contribution in [2.24, 2.45) is 5.92 Å². The maximum Gasteiger partial charge on any atom is 0.338 e. The molecule has 0 bridgehead atoms. The van der Waals surface area contributed by atoms with E-state index in [0.29, 0.717) is 29.7 Å². The highest BCUT2D eigenvalue weighted by Crippen LogP contribution is 2.16. The van der Waals surface area contributed by atoms with Gasteiger partial charge in [0.15, 0.2) is 12.4 Å². The number of carbonyl (C=O) groups is 1. The van der Waals surface area contributed by atoms with Crippen LogP contribution in [0.25, 0.3) is 0 Å². The van der Waals surface area contributed by atoms with Gasteiger partial charge < -0.3 is 14.0 Å². The van der Waals surface area contributed by atoms with Crippen molar-refractivity contribution >= 4 is 17.3 Å². The average Bonchev–Trinajstić information content (AvgIpc) is 3.29. The van der Waals surface area contributed by atoms with Crippen LogP contribution >= 0.6 is 11.3 Å². The van der Waals surface area contributed by atoms with E-state index in [1.165, 1.54) is 11.3 Å². The largest absolute Gasteiger partial charge is 0.487 e. The third-order valence-electron chi connectivity index (χ3n) is 3.37. The second-order valence-corrected chi connectivity index (χ2v) is 6.79. The highest BCUT2D eigenvalue weighted by molar-refractivity contribution is 7.07. The van der Waals surface area contributed by atoms with Gasteiger partial charge in [-0.05, 0) is 24.1 Å². The van der Waals surface area contributed by atoms with E-state index in [1.807, 2.05) is 5.38 Å². The molecule has 0 fully saturated rings. The van der Waals surface area contributed by atoms with E-state index in [4.69, 9.17) is 14.0 Å². The summed E-state index contributed by atoms with van der Waals surface area (Å²) in [5.74, 6) is 1.42. The average molecular weight is 373 g/mol. The van der Waals surface area contributed by atoms with Crippen molar-refractivity contribution in [2.75, 3.05) is 0 Å². The Kier molecular flexibility index (Phi) is 5.96. The minimum atomic E-state index is -0.479. The summed E-state index contributed by atoms with van der Waals surface area (Å²) in [6.45, 7) is 4.43. The molecule has 2 aromatic heterocycles. The van der Waals surface area contributed by atoms with Crippen LogP contribution in [0.1, 0.15) is 41.6 Å². The lowest BCUT2D eigenvalue weighted by Crippen LogP contribution is -2.06. The Morgan fingerprint density at radius 1 is 1.31 bits per heavy atom. The molecule has 3 aromatic rings. The standard InChI is InChI=1S/C18H19N3O4S/c1-12(2)6-16-20-17(25-21-16)9-24-18(22)13-4-3-5-15(7-13)23-8-14-10-26-11-19-14/h3-5,7,10-12H,6,8-9H2,1-2H3. The predicted octanol–water partition coefficient (Wildman–Crippen LogP) is 3.66. The van der Waals surface area contributed by atoms with Crippen LogP contribution in [0, 0.1) is 5.92 Å². The van der Waals surface area contributed by atoms with Crippen LogP contribution in [0.4, 0.5) is 0 Å². The molecule has 0 saturated carbocycles. The lowest BCUT2D eigenvalue weighted by Gasteiger charge is -2.06. The number of ether oxygens (including phenoxy) is 2. The molecule has 2 heterocycles. The van der Waals surface area contributed by atoms with Crippen LogP contribution in [-0.4, -0.2) is 21.1 Å². The smallest absolute Gasteiger partial charge is 0.338 e. The normalized spacial score (nSPS) is 10.9. The van der Waals surface area contributed by atoms with Crippen LogP contribution in [0.2, 0.25) is 0 Å². The molecule has 0 atom stereocenters. The second kappa shape index (κ2) is 8.57. The number of hydrogen-bond acceptors (Lipinski definition) is 8. The number of aromatic nitrogens is 3. The zero-order valence-electron chi connectivity index (χ0n) is 14.5. The van der Waals surface area contributed by atoms with Gasteiger partial charge in [-0.3, -0.25) is 0 Å². The maximum atomic E-state index is 12.2. The van der Waals surface area contributed by atoms with Crippen molar-refractivity contribution < 1.29 is 18.8 Å². The van der Waals surface area contributed by atoms with E-state index >= 15 is 0 Å². The Morgan fingerprint density at radius 2 is 2.19 bits per heavy atom. The van der Waals surface area contributed by atoms with Crippen LogP contribution in [-0.2, 0) is 24.4 Å². The summed E-state index contributed by atoms with van der Waals surface area (Å²) in [5.41, 5.74) is 2.98. The van der Waals surface area contributed by atoms with Crippen LogP contribution < -0.4 is 4.74 Å². The summed E-state index contributed by atoms with van der Waals surface area (Å²) >= 11 is 1.51. The van der Waals surface area contributed by atoms with Gasteiger partial charge in [-0.2, -0.15) is 4.98 Å². The van der Waals surface area contributed by atoms with Gasteiger partial charge in [-0.15, -0.1) is 11.3 Å². The first kappa shape index (κ1) is 18.1. The molecule has 0 aliphatic rings. The molecule has 136 valence electrons. The molecule has 0 saturated heterocycles. The van der Waals surface area contributed by atoms with Gasteiger partial charge in [0, 0.05) is 11.8 Å². The predicted molar refractivity (Wildman–Crippen MR) is 94.8 cm³/mol. The Hall–Kier alpha value is -2.74. The number of esters is 1. The van der Waals surface area contributed by atoms with Crippen molar-refractivity contribution in [1.82, 2.24) is 15.1 Å². The lowest BCUT2D eigenvalue weighted by atomic mass is 10.1. The third kappa shape index (κ3) is 5.13. The fourth-order valence-corrected chi connectivity index (χ4v) is 2.73. The zero-order valence-corrected chi connectivity index (χ0v) is 15.4. The van der Waals surface area contributed by atoms with Gasteiger partial charge >= 0.3 is 5.97 Å². The molecule has 0 amide bonds. The van der Waals surface area contributed by atoms with Gasteiger partial charge in [0.1, 0.15) is 12.4 Å². The molecule has 3 rings (SSSR count). The second-order valence-electron chi connectivity index (χ2n) is 6.07. The topological polar surface area (TPSA) is 87.3 Å². The number of nitrogens with zero attached hydrogens (tertiary/aromatic N) is 3. The monoisotopic (exact) mass is 373 g/mol. The fraction of sp³-hybridized carbons (Fsp3) is 0.333. The third-order valence-corrected chi connectivity index (χ3v) is 4.00. The number of benzene rings is 1. The Morgan fingerprint density at radius 3 is 2.96 bits per heavy atom. The molecule has 0 aliphatic carbocycles. The molecule has 0 unspecified atom stereocenters. The number of thiazole rings is 1. The first-order valence-corrected chi connectivity index (χ1v) is 9.13. The van der Waals surface area contributed by atoms with Gasteiger partial charge in [-0.1, -0.05) is 25.1 Å². The van der Waals surface area contributed by atoms with Gasteiger partial charge in [0.05, 0.1) is 16.8 Å². The molecule has 26 heavy (non-hydrogen) atoms. The highest BCUT2D eigenvalue weighted by Gasteiger charge is 2.13. The SMILES string of the molecule is CC(C)Cc1noc(COC(=O)c2cccc(OCc3cscn3)c2)n1. The molecule has 1 aromatic carbocycles. The first-order valence-electron chi connectivity index (χ1n) is 8.18. The lowest BCUT2D eigenvalue weighted by molar-refractivity contribution is 0.0429. The van der Waals surface area contributed by atoms with Crippen molar-refractivity contribution in [3.63, 3.8) is 0 Å². The minimum absolute atomic E-state index is 0.0617. The van der Waals surface area contributed by atoms with E-state index in [2.05, 4.69) is 29.0 Å². The van der Waals surface area contributed by atoms with E-state index in [1.54, 1.807) is 29.8 Å². The van der Waals surface area contributed by atoms with E-state index in [9.17, 15) is 4.79 Å². The van der Waals surface area contributed by atoms with Crippen molar-refractivity contribution in [1.29, 1.82) is 0 Å². The molecule has 0 aliphatic heterocycles. The van der Waals surface area contributed by atoms with Gasteiger partial charge in [0.25, 0.3) is 5.89 Å². The summed E-state index contributed by atoms with van der Waals surface area (Å²) in [5, 5.41) is 5.78. The van der Waals surface area contributed by atoms with E-state index in [-0.39, 0.29) is 12.5 Å². The fourth-order valence-electron chi connectivity index (χ4n) is 2.19. The number of carbonyl (C=O) groups excluding carboxylic acids is 1. The summed E-state index contributed by atoms with van der Waals surface area (Å²) in [7, 11) is 0. The maximum absolute atomic E-state index is 12.2. The van der Waals surface area contributed by atoms with E-state index < -0.39 is 5.97 Å². The summed E-state index contributed by atoms with van der Waals surface area (Å²) in [4.78, 5) is 20.6. The Bertz CT molecular complexity index is 846. The molecule has 7 nitrogen and oxygen atoms in total. The van der Waals surface area contributed by atoms with E-state index in [0.717, 1.165) is 12.1 Å². The number of hydrogen-bond donors (Lipinski definition) is 0. The highest BCUT2D eigenvalue weighted by atomic mass is 32.1. The van der Waals surface area contributed by atoms with Crippen LogP contribution in [0.15, 0.2) is 39.7 Å².